The van der Waals surface area contributed by atoms with E-state index in [2.05, 4.69) is 24.1 Å². The van der Waals surface area contributed by atoms with Gasteiger partial charge in [0.1, 0.15) is 0 Å². The minimum absolute atomic E-state index is 0.292. The Morgan fingerprint density at radius 1 is 1.48 bits per heavy atom. The molecule has 3 nitrogen and oxygen atoms in total. The number of ether oxygens (including phenoxy) is 1. The second-order valence-electron chi connectivity index (χ2n) is 5.99. The smallest absolute Gasteiger partial charge is 0.167 e. The van der Waals surface area contributed by atoms with Crippen LogP contribution >= 0.6 is 0 Å². The SMILES string of the molecule is CCCN1CCCC(C(C)Nc2ccc(OC)c(F)c2)C1. The lowest BCUT2D eigenvalue weighted by Crippen LogP contribution is -2.42. The molecule has 0 aliphatic carbocycles. The molecule has 21 heavy (non-hydrogen) atoms. The van der Waals surface area contributed by atoms with Crippen molar-refractivity contribution in [3.63, 3.8) is 0 Å². The van der Waals surface area contributed by atoms with Crippen LogP contribution in [0.1, 0.15) is 33.1 Å². The Hall–Kier alpha value is -1.29. The zero-order valence-corrected chi connectivity index (χ0v) is 13.4. The molecule has 1 heterocycles. The molecule has 2 rings (SSSR count). The van der Waals surface area contributed by atoms with Gasteiger partial charge in [-0.15, -0.1) is 0 Å². The van der Waals surface area contributed by atoms with Gasteiger partial charge in [-0.2, -0.15) is 0 Å². The van der Waals surface area contributed by atoms with Gasteiger partial charge in [0, 0.05) is 24.3 Å². The van der Waals surface area contributed by atoms with Crippen LogP contribution in [0.3, 0.4) is 0 Å². The summed E-state index contributed by atoms with van der Waals surface area (Å²) in [6.45, 7) is 7.96. The molecule has 1 aromatic rings. The molecule has 0 spiro atoms. The standard InChI is InChI=1S/C17H27FN2O/c1-4-9-20-10-5-6-14(12-20)13(2)19-15-7-8-17(21-3)16(18)11-15/h7-8,11,13-14,19H,4-6,9-10,12H2,1-3H3. The van der Waals surface area contributed by atoms with Crippen LogP contribution in [0.4, 0.5) is 10.1 Å². The van der Waals surface area contributed by atoms with Crippen LogP contribution in [0.25, 0.3) is 0 Å². The second kappa shape index (κ2) is 7.64. The molecule has 1 aliphatic heterocycles. The molecule has 2 atom stereocenters. The summed E-state index contributed by atoms with van der Waals surface area (Å²) in [5.74, 6) is 0.599. The van der Waals surface area contributed by atoms with Gasteiger partial charge < -0.3 is 15.0 Å². The quantitative estimate of drug-likeness (QED) is 0.864. The van der Waals surface area contributed by atoms with E-state index in [0.717, 1.165) is 12.2 Å². The zero-order valence-electron chi connectivity index (χ0n) is 13.4. The average Bonchev–Trinajstić information content (AvgIpc) is 2.48. The van der Waals surface area contributed by atoms with Crippen molar-refractivity contribution in [2.24, 2.45) is 5.92 Å². The van der Waals surface area contributed by atoms with Gasteiger partial charge in [0.15, 0.2) is 11.6 Å². The van der Waals surface area contributed by atoms with E-state index in [1.807, 2.05) is 6.07 Å². The largest absolute Gasteiger partial charge is 0.494 e. The summed E-state index contributed by atoms with van der Waals surface area (Å²) in [4.78, 5) is 2.54. The van der Waals surface area contributed by atoms with Gasteiger partial charge in [0.2, 0.25) is 0 Å². The van der Waals surface area contributed by atoms with Crippen LogP contribution in [-0.4, -0.2) is 37.7 Å². The number of nitrogens with one attached hydrogen (secondary N) is 1. The molecule has 0 saturated carbocycles. The second-order valence-corrected chi connectivity index (χ2v) is 5.99. The number of piperidine rings is 1. The maximum absolute atomic E-state index is 13.7. The summed E-state index contributed by atoms with van der Waals surface area (Å²) in [6, 6.07) is 5.42. The number of benzene rings is 1. The van der Waals surface area contributed by atoms with E-state index in [-0.39, 0.29) is 5.82 Å². The molecule has 0 bridgehead atoms. The number of nitrogens with zero attached hydrogens (tertiary/aromatic N) is 1. The number of anilines is 1. The van der Waals surface area contributed by atoms with Crippen molar-refractivity contribution in [2.75, 3.05) is 32.1 Å². The molecule has 1 fully saturated rings. The van der Waals surface area contributed by atoms with Gasteiger partial charge >= 0.3 is 0 Å². The average molecular weight is 294 g/mol. The number of likely N-dealkylation sites (tertiary alicyclic amines) is 1. The Morgan fingerprint density at radius 2 is 2.29 bits per heavy atom. The van der Waals surface area contributed by atoms with E-state index in [1.54, 1.807) is 6.07 Å². The Labute approximate surface area is 127 Å². The van der Waals surface area contributed by atoms with Crippen molar-refractivity contribution in [1.82, 2.24) is 4.90 Å². The Kier molecular flexibility index (Phi) is 5.85. The topological polar surface area (TPSA) is 24.5 Å². The predicted octanol–water partition coefficient (Wildman–Crippen LogP) is 3.76. The first-order chi connectivity index (χ1) is 10.1. The van der Waals surface area contributed by atoms with Crippen molar-refractivity contribution in [3.8, 4) is 5.75 Å². The van der Waals surface area contributed by atoms with Gasteiger partial charge in [0.05, 0.1) is 7.11 Å². The minimum Gasteiger partial charge on any atom is -0.494 e. The Morgan fingerprint density at radius 3 is 2.95 bits per heavy atom. The third-order valence-electron chi connectivity index (χ3n) is 4.34. The molecule has 0 radical (unpaired) electrons. The molecule has 0 aromatic heterocycles. The van der Waals surface area contributed by atoms with Crippen LogP contribution < -0.4 is 10.1 Å². The summed E-state index contributed by atoms with van der Waals surface area (Å²) < 4.78 is 18.7. The van der Waals surface area contributed by atoms with Crippen LogP contribution in [0.2, 0.25) is 0 Å². The summed E-state index contributed by atoms with van der Waals surface area (Å²) in [7, 11) is 1.48. The van der Waals surface area contributed by atoms with E-state index < -0.39 is 0 Å². The van der Waals surface area contributed by atoms with E-state index >= 15 is 0 Å². The number of hydrogen-bond acceptors (Lipinski definition) is 3. The van der Waals surface area contributed by atoms with Crippen molar-refractivity contribution in [3.05, 3.63) is 24.0 Å². The number of rotatable bonds is 6. The Bertz CT molecular complexity index is 450. The number of halogens is 1. The summed E-state index contributed by atoms with van der Waals surface area (Å²) in [6.07, 6.45) is 3.71. The van der Waals surface area contributed by atoms with Gasteiger partial charge in [-0.3, -0.25) is 0 Å². The molecular formula is C17H27FN2O. The fourth-order valence-corrected chi connectivity index (χ4v) is 3.16. The van der Waals surface area contributed by atoms with E-state index in [9.17, 15) is 4.39 Å². The van der Waals surface area contributed by atoms with Crippen molar-refractivity contribution < 1.29 is 9.13 Å². The highest BCUT2D eigenvalue weighted by Gasteiger charge is 2.24. The first-order valence-electron chi connectivity index (χ1n) is 7.96. The highest BCUT2D eigenvalue weighted by molar-refractivity contribution is 5.48. The highest BCUT2D eigenvalue weighted by Crippen LogP contribution is 2.25. The van der Waals surface area contributed by atoms with Crippen LogP contribution in [0, 0.1) is 11.7 Å². The number of hydrogen-bond donors (Lipinski definition) is 1. The van der Waals surface area contributed by atoms with Gasteiger partial charge in [-0.05, 0) is 57.3 Å². The molecule has 1 N–H and O–H groups in total. The first-order valence-corrected chi connectivity index (χ1v) is 7.96. The molecule has 1 aromatic carbocycles. The molecule has 1 saturated heterocycles. The van der Waals surface area contributed by atoms with E-state index in [4.69, 9.17) is 4.74 Å². The normalized spacial score (nSPS) is 21.0. The molecule has 0 amide bonds. The van der Waals surface area contributed by atoms with E-state index in [0.29, 0.717) is 17.7 Å². The lowest BCUT2D eigenvalue weighted by molar-refractivity contribution is 0.165. The van der Waals surface area contributed by atoms with Gasteiger partial charge in [-0.25, -0.2) is 4.39 Å². The summed E-state index contributed by atoms with van der Waals surface area (Å²) in [5.41, 5.74) is 0.827. The lowest BCUT2D eigenvalue weighted by Gasteiger charge is -2.36. The number of methoxy groups -OCH3 is 1. The monoisotopic (exact) mass is 294 g/mol. The predicted molar refractivity (Wildman–Crippen MR) is 85.5 cm³/mol. The lowest BCUT2D eigenvalue weighted by atomic mass is 9.91. The van der Waals surface area contributed by atoms with Crippen LogP contribution in [0.5, 0.6) is 5.75 Å². The zero-order chi connectivity index (χ0) is 15.2. The maximum atomic E-state index is 13.7. The van der Waals surface area contributed by atoms with Crippen molar-refractivity contribution in [1.29, 1.82) is 0 Å². The van der Waals surface area contributed by atoms with Gasteiger partial charge in [0.25, 0.3) is 0 Å². The maximum Gasteiger partial charge on any atom is 0.167 e. The Balaban J connectivity index is 1.94. The first kappa shape index (κ1) is 16.1. The third kappa shape index (κ3) is 4.34. The molecule has 118 valence electrons. The van der Waals surface area contributed by atoms with Crippen LogP contribution in [0.15, 0.2) is 18.2 Å². The summed E-state index contributed by atoms with van der Waals surface area (Å²) in [5, 5.41) is 3.44. The minimum atomic E-state index is -0.314. The van der Waals surface area contributed by atoms with Crippen molar-refractivity contribution >= 4 is 5.69 Å². The fraction of sp³-hybridized carbons (Fsp3) is 0.647. The molecule has 1 aliphatic rings. The fourth-order valence-electron chi connectivity index (χ4n) is 3.16. The van der Waals surface area contributed by atoms with Crippen LogP contribution in [-0.2, 0) is 0 Å². The van der Waals surface area contributed by atoms with Crippen molar-refractivity contribution in [2.45, 2.75) is 39.2 Å². The third-order valence-corrected chi connectivity index (χ3v) is 4.34. The molecular weight excluding hydrogens is 267 g/mol. The van der Waals surface area contributed by atoms with E-state index in [1.165, 1.54) is 45.5 Å². The van der Waals surface area contributed by atoms with Gasteiger partial charge in [-0.1, -0.05) is 6.92 Å². The molecule has 2 unspecified atom stereocenters. The highest BCUT2D eigenvalue weighted by atomic mass is 19.1. The summed E-state index contributed by atoms with van der Waals surface area (Å²) >= 11 is 0. The molecule has 4 heteroatoms.